The van der Waals surface area contributed by atoms with Gasteiger partial charge in [-0.15, -0.1) is 0 Å². The molecule has 0 spiro atoms. The molecule has 1 heterocycles. The molecule has 26 heavy (non-hydrogen) atoms. The molecule has 0 unspecified atom stereocenters. The van der Waals surface area contributed by atoms with Gasteiger partial charge in [0.15, 0.2) is 6.61 Å². The molecule has 0 radical (unpaired) electrons. The van der Waals surface area contributed by atoms with Crippen LogP contribution in [0.4, 0.5) is 5.69 Å². The van der Waals surface area contributed by atoms with E-state index in [1.807, 2.05) is 4.98 Å². The SMILES string of the molecule is COc1ccc(NC(=O)COC(=O)Cn2ccc(=O)[nH]c2=O)c(OC)c1. The molecule has 0 saturated heterocycles. The lowest BCUT2D eigenvalue weighted by atomic mass is 10.2. The number of rotatable bonds is 7. The summed E-state index contributed by atoms with van der Waals surface area (Å²) in [6.45, 7) is -0.985. The van der Waals surface area contributed by atoms with Gasteiger partial charge in [0.1, 0.15) is 18.0 Å². The van der Waals surface area contributed by atoms with Crippen molar-refractivity contribution in [2.24, 2.45) is 0 Å². The first-order valence-corrected chi connectivity index (χ1v) is 7.40. The second kappa shape index (κ2) is 8.51. The average molecular weight is 363 g/mol. The molecule has 0 fully saturated rings. The number of esters is 1. The predicted molar refractivity (Wildman–Crippen MR) is 90.5 cm³/mol. The van der Waals surface area contributed by atoms with Crippen LogP contribution in [0.3, 0.4) is 0 Å². The maximum Gasteiger partial charge on any atom is 0.328 e. The van der Waals surface area contributed by atoms with Crippen LogP contribution < -0.4 is 26.0 Å². The van der Waals surface area contributed by atoms with E-state index in [0.29, 0.717) is 17.2 Å². The summed E-state index contributed by atoms with van der Waals surface area (Å²) in [5, 5.41) is 2.54. The quantitative estimate of drug-likeness (QED) is 0.648. The van der Waals surface area contributed by atoms with E-state index in [1.54, 1.807) is 18.2 Å². The maximum atomic E-state index is 11.9. The van der Waals surface area contributed by atoms with Crippen molar-refractivity contribution in [1.82, 2.24) is 9.55 Å². The number of ether oxygens (including phenoxy) is 3. The van der Waals surface area contributed by atoms with Crippen LogP contribution in [0.25, 0.3) is 0 Å². The molecule has 0 bridgehead atoms. The molecule has 2 rings (SSSR count). The largest absolute Gasteiger partial charge is 0.497 e. The number of nitrogens with one attached hydrogen (secondary N) is 2. The molecule has 2 aromatic rings. The molecular formula is C16H17N3O7. The van der Waals surface area contributed by atoms with E-state index in [2.05, 4.69) is 5.32 Å². The Morgan fingerprint density at radius 1 is 1.15 bits per heavy atom. The number of benzene rings is 1. The van der Waals surface area contributed by atoms with Gasteiger partial charge in [-0.2, -0.15) is 0 Å². The molecule has 1 aromatic heterocycles. The minimum atomic E-state index is -0.809. The predicted octanol–water partition coefficient (Wildman–Crippen LogP) is -0.264. The van der Waals surface area contributed by atoms with Gasteiger partial charge < -0.3 is 19.5 Å². The van der Waals surface area contributed by atoms with Crippen LogP contribution in [0.15, 0.2) is 40.1 Å². The highest BCUT2D eigenvalue weighted by molar-refractivity contribution is 5.94. The third kappa shape index (κ3) is 4.97. The lowest BCUT2D eigenvalue weighted by molar-refractivity contribution is -0.148. The van der Waals surface area contributed by atoms with Crippen LogP contribution in [-0.2, 0) is 20.9 Å². The molecule has 0 aliphatic carbocycles. The number of H-pyrrole nitrogens is 1. The van der Waals surface area contributed by atoms with Crippen LogP contribution in [0.2, 0.25) is 0 Å². The molecule has 10 nitrogen and oxygen atoms in total. The van der Waals surface area contributed by atoms with Crippen LogP contribution in [-0.4, -0.2) is 42.3 Å². The minimum absolute atomic E-state index is 0.379. The van der Waals surface area contributed by atoms with Gasteiger partial charge in [0.05, 0.1) is 19.9 Å². The van der Waals surface area contributed by atoms with Crippen LogP contribution in [0.1, 0.15) is 0 Å². The second-order valence-electron chi connectivity index (χ2n) is 5.01. The molecule has 1 aromatic carbocycles. The summed E-state index contributed by atoms with van der Waals surface area (Å²) in [6, 6.07) is 5.89. The van der Waals surface area contributed by atoms with Crippen molar-refractivity contribution in [3.05, 3.63) is 51.3 Å². The molecule has 0 atom stereocenters. The third-order valence-electron chi connectivity index (χ3n) is 3.24. The van der Waals surface area contributed by atoms with Crippen molar-refractivity contribution in [3.63, 3.8) is 0 Å². The van der Waals surface area contributed by atoms with Gasteiger partial charge in [-0.25, -0.2) is 4.79 Å². The Labute approximate surface area is 147 Å². The Kier molecular flexibility index (Phi) is 6.15. The molecular weight excluding hydrogens is 346 g/mol. The van der Waals surface area contributed by atoms with E-state index in [9.17, 15) is 19.2 Å². The average Bonchev–Trinajstić information content (AvgIpc) is 2.62. The summed E-state index contributed by atoms with van der Waals surface area (Å²) in [6.07, 6.45) is 1.16. The van der Waals surface area contributed by atoms with Gasteiger partial charge in [-0.3, -0.25) is 23.9 Å². The van der Waals surface area contributed by atoms with Gasteiger partial charge in [-0.1, -0.05) is 0 Å². The maximum absolute atomic E-state index is 11.9. The topological polar surface area (TPSA) is 129 Å². The number of nitrogens with zero attached hydrogens (tertiary/aromatic N) is 1. The molecule has 0 aliphatic heterocycles. The van der Waals surface area contributed by atoms with Crippen molar-refractivity contribution < 1.29 is 23.8 Å². The first kappa shape index (κ1) is 18.8. The van der Waals surface area contributed by atoms with Gasteiger partial charge in [0, 0.05) is 18.3 Å². The van der Waals surface area contributed by atoms with Crippen molar-refractivity contribution >= 4 is 17.6 Å². The first-order valence-electron chi connectivity index (χ1n) is 7.40. The summed E-state index contributed by atoms with van der Waals surface area (Å²) in [7, 11) is 2.94. The molecule has 1 amide bonds. The Balaban J connectivity index is 1.91. The summed E-state index contributed by atoms with van der Waals surface area (Å²) < 4.78 is 16.0. The highest BCUT2D eigenvalue weighted by atomic mass is 16.5. The fourth-order valence-electron chi connectivity index (χ4n) is 1.99. The van der Waals surface area contributed by atoms with E-state index >= 15 is 0 Å². The van der Waals surface area contributed by atoms with Crippen molar-refractivity contribution in [1.29, 1.82) is 0 Å². The molecule has 10 heteroatoms. The highest BCUT2D eigenvalue weighted by Crippen LogP contribution is 2.28. The highest BCUT2D eigenvalue weighted by Gasteiger charge is 2.12. The first-order chi connectivity index (χ1) is 12.4. The van der Waals surface area contributed by atoms with Crippen molar-refractivity contribution in [3.8, 4) is 11.5 Å². The number of aromatic nitrogens is 2. The van der Waals surface area contributed by atoms with Gasteiger partial charge in [0.2, 0.25) is 0 Å². The summed E-state index contributed by atoms with van der Waals surface area (Å²) in [5.74, 6) is -0.465. The lowest BCUT2D eigenvalue weighted by Crippen LogP contribution is -2.32. The molecule has 0 aliphatic rings. The van der Waals surface area contributed by atoms with E-state index in [4.69, 9.17) is 14.2 Å². The number of hydrogen-bond donors (Lipinski definition) is 2. The van der Waals surface area contributed by atoms with E-state index < -0.39 is 36.3 Å². The number of carbonyl (C=O) groups excluding carboxylic acids is 2. The monoisotopic (exact) mass is 363 g/mol. The molecule has 138 valence electrons. The normalized spacial score (nSPS) is 10.1. The molecule has 0 saturated carbocycles. The number of anilines is 1. The Morgan fingerprint density at radius 3 is 2.58 bits per heavy atom. The van der Waals surface area contributed by atoms with Crippen LogP contribution >= 0.6 is 0 Å². The zero-order valence-corrected chi connectivity index (χ0v) is 14.1. The van der Waals surface area contributed by atoms with E-state index in [-0.39, 0.29) is 0 Å². The number of amides is 1. The smallest absolute Gasteiger partial charge is 0.328 e. The summed E-state index contributed by atoms with van der Waals surface area (Å²) >= 11 is 0. The fraction of sp³-hybridized carbons (Fsp3) is 0.250. The Morgan fingerprint density at radius 2 is 1.92 bits per heavy atom. The number of hydrogen-bond acceptors (Lipinski definition) is 7. The minimum Gasteiger partial charge on any atom is -0.497 e. The van der Waals surface area contributed by atoms with Crippen molar-refractivity contribution in [2.45, 2.75) is 6.54 Å². The second-order valence-corrected chi connectivity index (χ2v) is 5.01. The van der Waals surface area contributed by atoms with Crippen LogP contribution in [0.5, 0.6) is 11.5 Å². The van der Waals surface area contributed by atoms with E-state index in [1.165, 1.54) is 14.2 Å². The zero-order chi connectivity index (χ0) is 19.1. The Hall–Kier alpha value is -3.56. The van der Waals surface area contributed by atoms with Crippen molar-refractivity contribution in [2.75, 3.05) is 26.1 Å². The standard InChI is InChI=1S/C16H17N3O7/c1-24-10-3-4-11(12(7-10)25-2)17-14(21)9-26-15(22)8-19-6-5-13(20)18-16(19)23/h3-7H,8-9H2,1-2H3,(H,17,21)(H,18,20,23). The lowest BCUT2D eigenvalue weighted by Gasteiger charge is -2.12. The van der Waals surface area contributed by atoms with Crippen LogP contribution in [0, 0.1) is 0 Å². The molecule has 2 N–H and O–H groups in total. The van der Waals surface area contributed by atoms with E-state index in [0.717, 1.165) is 16.8 Å². The third-order valence-corrected chi connectivity index (χ3v) is 3.24. The summed E-state index contributed by atoms with van der Waals surface area (Å²) in [5.41, 5.74) is -0.944. The zero-order valence-electron chi connectivity index (χ0n) is 14.1. The number of aromatic amines is 1. The summed E-state index contributed by atoms with van der Waals surface area (Å²) in [4.78, 5) is 48.1. The van der Waals surface area contributed by atoms with Gasteiger partial charge in [0.25, 0.3) is 11.5 Å². The fourth-order valence-corrected chi connectivity index (χ4v) is 1.99. The number of methoxy groups -OCH3 is 2. The van der Waals surface area contributed by atoms with Gasteiger partial charge in [-0.05, 0) is 12.1 Å². The number of carbonyl (C=O) groups is 2. The Bertz CT molecular complexity index is 917. The van der Waals surface area contributed by atoms with Gasteiger partial charge >= 0.3 is 11.7 Å².